The molecule has 1 aromatic rings. The van der Waals surface area contributed by atoms with Gasteiger partial charge in [-0.15, -0.1) is 0 Å². The van der Waals surface area contributed by atoms with Crippen LogP contribution in [0.25, 0.3) is 0 Å². The summed E-state index contributed by atoms with van der Waals surface area (Å²) < 4.78 is 0. The second kappa shape index (κ2) is 5.90. The molecule has 1 amide bonds. The summed E-state index contributed by atoms with van der Waals surface area (Å²) in [5, 5.41) is 20.0. The molecule has 1 aliphatic heterocycles. The van der Waals surface area contributed by atoms with Crippen molar-refractivity contribution < 1.29 is 19.6 Å². The summed E-state index contributed by atoms with van der Waals surface area (Å²) in [7, 11) is 0. The van der Waals surface area contributed by atoms with Crippen LogP contribution in [-0.4, -0.2) is 39.9 Å². The van der Waals surface area contributed by atoms with Crippen LogP contribution in [0.4, 0.5) is 5.69 Å². The number of hydrogen-bond acceptors (Lipinski definition) is 4. The molecule has 1 fully saturated rings. The van der Waals surface area contributed by atoms with Crippen molar-refractivity contribution in [2.45, 2.75) is 19.8 Å². The number of rotatable bonds is 4. The summed E-state index contributed by atoms with van der Waals surface area (Å²) in [5.41, 5.74) is 0.726. The van der Waals surface area contributed by atoms with Gasteiger partial charge in [0.05, 0.1) is 10.8 Å². The maximum Gasteiger partial charge on any atom is 0.308 e. The van der Waals surface area contributed by atoms with Gasteiger partial charge in [0.1, 0.15) is 0 Å². The van der Waals surface area contributed by atoms with E-state index in [1.165, 1.54) is 11.0 Å². The molecular formula is C14H16N2O5. The van der Waals surface area contributed by atoms with Gasteiger partial charge >= 0.3 is 5.97 Å². The molecule has 0 saturated carbocycles. The molecule has 0 radical (unpaired) electrons. The first-order valence-corrected chi connectivity index (χ1v) is 6.73. The van der Waals surface area contributed by atoms with Crippen LogP contribution in [-0.2, 0) is 11.2 Å². The Morgan fingerprint density at radius 1 is 1.48 bits per heavy atom. The van der Waals surface area contributed by atoms with E-state index in [0.29, 0.717) is 24.9 Å². The average Bonchev–Trinajstić information content (AvgIpc) is 2.95. The van der Waals surface area contributed by atoms with E-state index in [-0.39, 0.29) is 23.7 Å². The van der Waals surface area contributed by atoms with Crippen molar-refractivity contribution in [3.63, 3.8) is 0 Å². The Labute approximate surface area is 121 Å². The van der Waals surface area contributed by atoms with E-state index in [2.05, 4.69) is 0 Å². The fourth-order valence-corrected chi connectivity index (χ4v) is 2.49. The van der Waals surface area contributed by atoms with Crippen molar-refractivity contribution in [3.8, 4) is 0 Å². The molecule has 1 unspecified atom stereocenters. The molecule has 7 heteroatoms. The molecule has 1 atom stereocenters. The van der Waals surface area contributed by atoms with Crippen molar-refractivity contribution in [2.24, 2.45) is 5.92 Å². The van der Waals surface area contributed by atoms with Crippen LogP contribution in [0.15, 0.2) is 18.2 Å². The number of benzene rings is 1. The lowest BCUT2D eigenvalue weighted by molar-refractivity contribution is -0.385. The van der Waals surface area contributed by atoms with Gasteiger partial charge in [-0.2, -0.15) is 0 Å². The largest absolute Gasteiger partial charge is 0.481 e. The van der Waals surface area contributed by atoms with Gasteiger partial charge in [0.2, 0.25) is 0 Å². The molecule has 0 bridgehead atoms. The molecule has 1 aliphatic rings. The first-order chi connectivity index (χ1) is 9.93. The lowest BCUT2D eigenvalue weighted by Gasteiger charge is -2.16. The molecular weight excluding hydrogens is 276 g/mol. The van der Waals surface area contributed by atoms with Crippen LogP contribution in [0, 0.1) is 16.0 Å². The topological polar surface area (TPSA) is 101 Å². The first kappa shape index (κ1) is 15.0. The number of aliphatic carboxylic acids is 1. The number of likely N-dealkylation sites (tertiary alicyclic amines) is 1. The quantitative estimate of drug-likeness (QED) is 0.672. The highest BCUT2D eigenvalue weighted by Crippen LogP contribution is 2.24. The number of carbonyl (C=O) groups excluding carboxylic acids is 1. The third-order valence-electron chi connectivity index (χ3n) is 3.73. The Balaban J connectivity index is 2.22. The Hall–Kier alpha value is -2.44. The number of nitro benzene ring substituents is 1. The van der Waals surface area contributed by atoms with Crippen molar-refractivity contribution in [3.05, 3.63) is 39.4 Å². The van der Waals surface area contributed by atoms with E-state index in [0.717, 1.165) is 0 Å². The van der Waals surface area contributed by atoms with Crippen LogP contribution >= 0.6 is 0 Å². The van der Waals surface area contributed by atoms with E-state index in [1.54, 1.807) is 12.1 Å². The summed E-state index contributed by atoms with van der Waals surface area (Å²) in [6.45, 7) is 2.32. The molecule has 1 aromatic carbocycles. The van der Waals surface area contributed by atoms with Gasteiger partial charge in [0, 0.05) is 30.3 Å². The van der Waals surface area contributed by atoms with Crippen molar-refractivity contribution >= 4 is 17.6 Å². The van der Waals surface area contributed by atoms with E-state index in [1.807, 2.05) is 6.92 Å². The highest BCUT2D eigenvalue weighted by Gasteiger charge is 2.31. The predicted molar refractivity (Wildman–Crippen MR) is 74.1 cm³/mol. The monoisotopic (exact) mass is 292 g/mol. The van der Waals surface area contributed by atoms with Crippen LogP contribution in [0.3, 0.4) is 0 Å². The lowest BCUT2D eigenvalue weighted by atomic mass is 10.1. The highest BCUT2D eigenvalue weighted by molar-refractivity contribution is 5.95. The zero-order valence-electron chi connectivity index (χ0n) is 11.6. The molecule has 7 nitrogen and oxygen atoms in total. The number of carbonyl (C=O) groups is 2. The Morgan fingerprint density at radius 2 is 2.19 bits per heavy atom. The van der Waals surface area contributed by atoms with Crippen LogP contribution in [0.5, 0.6) is 0 Å². The van der Waals surface area contributed by atoms with Crippen molar-refractivity contribution in [1.29, 1.82) is 0 Å². The van der Waals surface area contributed by atoms with E-state index in [4.69, 9.17) is 5.11 Å². The molecule has 1 heterocycles. The standard InChI is InChI=1S/C14H16N2O5/c1-2-9-3-4-10(7-12(9)16(20)21)13(17)15-6-5-11(8-15)14(18)19/h3-4,7,11H,2,5-6,8H2,1H3,(H,18,19). The lowest BCUT2D eigenvalue weighted by Crippen LogP contribution is -2.30. The highest BCUT2D eigenvalue weighted by atomic mass is 16.6. The molecule has 2 rings (SSSR count). The van der Waals surface area contributed by atoms with E-state index >= 15 is 0 Å². The SMILES string of the molecule is CCc1ccc(C(=O)N2CCC(C(=O)O)C2)cc1[N+](=O)[O-]. The zero-order valence-corrected chi connectivity index (χ0v) is 11.6. The molecule has 1 N–H and O–H groups in total. The average molecular weight is 292 g/mol. The maximum absolute atomic E-state index is 12.3. The number of amides is 1. The van der Waals surface area contributed by atoms with Gasteiger partial charge in [0.25, 0.3) is 11.6 Å². The maximum atomic E-state index is 12.3. The minimum absolute atomic E-state index is 0.0719. The molecule has 0 aliphatic carbocycles. The zero-order chi connectivity index (χ0) is 15.6. The fraction of sp³-hybridized carbons (Fsp3) is 0.429. The van der Waals surface area contributed by atoms with E-state index in [9.17, 15) is 19.7 Å². The van der Waals surface area contributed by atoms with Crippen molar-refractivity contribution in [1.82, 2.24) is 4.90 Å². The van der Waals surface area contributed by atoms with Gasteiger partial charge in [0.15, 0.2) is 0 Å². The molecule has 21 heavy (non-hydrogen) atoms. The normalized spacial score (nSPS) is 17.8. The number of nitro groups is 1. The number of aryl methyl sites for hydroxylation is 1. The van der Waals surface area contributed by atoms with Crippen LogP contribution in [0.1, 0.15) is 29.3 Å². The summed E-state index contributed by atoms with van der Waals surface area (Å²) in [6, 6.07) is 4.41. The van der Waals surface area contributed by atoms with Crippen LogP contribution in [0.2, 0.25) is 0 Å². The molecule has 0 spiro atoms. The molecule has 1 saturated heterocycles. The summed E-state index contributed by atoms with van der Waals surface area (Å²) in [6.07, 6.45) is 0.922. The van der Waals surface area contributed by atoms with E-state index < -0.39 is 16.8 Å². The van der Waals surface area contributed by atoms with Gasteiger partial charge < -0.3 is 10.0 Å². The Kier molecular flexibility index (Phi) is 4.21. The van der Waals surface area contributed by atoms with Gasteiger partial charge in [-0.3, -0.25) is 19.7 Å². The Bertz CT molecular complexity index is 599. The number of carboxylic acid groups (broad SMARTS) is 1. The predicted octanol–water partition coefficient (Wildman–Crippen LogP) is 1.70. The number of nitrogens with zero attached hydrogens (tertiary/aromatic N) is 2. The second-order valence-corrected chi connectivity index (χ2v) is 5.03. The second-order valence-electron chi connectivity index (χ2n) is 5.03. The smallest absolute Gasteiger partial charge is 0.308 e. The summed E-state index contributed by atoms with van der Waals surface area (Å²) in [5.74, 6) is -1.83. The van der Waals surface area contributed by atoms with Crippen LogP contribution < -0.4 is 0 Å². The van der Waals surface area contributed by atoms with Crippen molar-refractivity contribution in [2.75, 3.05) is 13.1 Å². The fourth-order valence-electron chi connectivity index (χ4n) is 2.49. The third-order valence-corrected chi connectivity index (χ3v) is 3.73. The molecule has 0 aromatic heterocycles. The minimum atomic E-state index is -0.919. The minimum Gasteiger partial charge on any atom is -0.481 e. The van der Waals surface area contributed by atoms with Gasteiger partial charge in [-0.05, 0) is 18.9 Å². The summed E-state index contributed by atoms with van der Waals surface area (Å²) in [4.78, 5) is 35.2. The summed E-state index contributed by atoms with van der Waals surface area (Å²) >= 11 is 0. The number of carboxylic acids is 1. The van der Waals surface area contributed by atoms with Gasteiger partial charge in [-0.25, -0.2) is 0 Å². The number of hydrogen-bond donors (Lipinski definition) is 1. The first-order valence-electron chi connectivity index (χ1n) is 6.73. The Morgan fingerprint density at radius 3 is 2.71 bits per heavy atom. The molecule has 112 valence electrons. The van der Waals surface area contributed by atoms with Gasteiger partial charge in [-0.1, -0.05) is 13.0 Å². The third kappa shape index (κ3) is 3.01.